The van der Waals surface area contributed by atoms with Crippen molar-refractivity contribution in [3.8, 4) is 0 Å². The van der Waals surface area contributed by atoms with Gasteiger partial charge in [0.2, 0.25) is 0 Å². The van der Waals surface area contributed by atoms with E-state index in [9.17, 15) is 14.4 Å². The molecule has 0 aliphatic carbocycles. The van der Waals surface area contributed by atoms with Crippen LogP contribution in [0.1, 0.15) is 19.3 Å². The summed E-state index contributed by atoms with van der Waals surface area (Å²) in [7, 11) is 4.48. The van der Waals surface area contributed by atoms with Crippen molar-refractivity contribution in [3.05, 3.63) is 12.7 Å². The van der Waals surface area contributed by atoms with Crippen LogP contribution in [0.4, 0.5) is 0 Å². The molecule has 1 aliphatic rings. The topological polar surface area (TPSA) is 76.0 Å². The highest BCUT2D eigenvalue weighted by molar-refractivity contribution is 8.82. The summed E-state index contributed by atoms with van der Waals surface area (Å²) in [6.45, 7) is 3.59. The van der Waals surface area contributed by atoms with E-state index in [4.69, 9.17) is 4.84 Å². The van der Waals surface area contributed by atoms with Crippen LogP contribution in [-0.2, 0) is 19.2 Å². The van der Waals surface area contributed by atoms with Gasteiger partial charge in [-0.05, 0) is 16.9 Å². The lowest BCUT2D eigenvalue weighted by Gasteiger charge is -2.12. The summed E-state index contributed by atoms with van der Waals surface area (Å²) in [5.41, 5.74) is 0. The number of amides is 2. The normalized spacial score (nSPS) is 15.8. The zero-order valence-electron chi connectivity index (χ0n) is 10.5. The summed E-state index contributed by atoms with van der Waals surface area (Å²) in [5, 5.41) is 1.33. The van der Waals surface area contributed by atoms with E-state index in [1.807, 2.05) is 0 Å². The van der Waals surface area contributed by atoms with Gasteiger partial charge < -0.3 is 4.84 Å². The molecule has 0 saturated carbocycles. The smallest absolute Gasteiger partial charge is 0.330 e. The molecule has 0 unspecified atom stereocenters. The molecule has 1 aliphatic heterocycles. The standard InChI is InChI=1S/C11H14N2O4S2/c1-3-8(12-2)19-18-7-6-11(16)17-13-9(14)4-5-10(13)15/h3H,1,4-7H2,2H3/b12-8+. The second-order valence-corrected chi connectivity index (χ2v) is 5.90. The van der Waals surface area contributed by atoms with E-state index in [0.29, 0.717) is 10.8 Å². The number of imide groups is 1. The number of hydrogen-bond donors (Lipinski definition) is 0. The number of nitrogens with zero attached hydrogens (tertiary/aromatic N) is 2. The Labute approximate surface area is 119 Å². The Morgan fingerprint density at radius 1 is 1.47 bits per heavy atom. The first kappa shape index (κ1) is 15.8. The monoisotopic (exact) mass is 302 g/mol. The number of aliphatic imine (C=N–C) groups is 1. The molecule has 2 amide bonds. The van der Waals surface area contributed by atoms with Crippen molar-refractivity contribution >= 4 is 44.4 Å². The van der Waals surface area contributed by atoms with Gasteiger partial charge in [0.05, 0.1) is 11.5 Å². The minimum absolute atomic E-state index is 0.104. The first-order chi connectivity index (χ1) is 9.08. The third kappa shape index (κ3) is 5.07. The lowest BCUT2D eigenvalue weighted by atomic mass is 10.4. The summed E-state index contributed by atoms with van der Waals surface area (Å²) in [6.07, 6.45) is 1.94. The van der Waals surface area contributed by atoms with Crippen molar-refractivity contribution in [2.75, 3.05) is 12.8 Å². The molecule has 0 aromatic heterocycles. The highest BCUT2D eigenvalue weighted by Crippen LogP contribution is 2.24. The fraction of sp³-hybridized carbons (Fsp3) is 0.455. The fourth-order valence-electron chi connectivity index (χ4n) is 1.19. The SMILES string of the molecule is C=C/C(=N\C)SSCCC(=O)ON1C(=O)CCC1=O. The molecule has 104 valence electrons. The van der Waals surface area contributed by atoms with Gasteiger partial charge in [-0.1, -0.05) is 17.4 Å². The van der Waals surface area contributed by atoms with Crippen LogP contribution >= 0.6 is 21.6 Å². The Morgan fingerprint density at radius 2 is 2.11 bits per heavy atom. The van der Waals surface area contributed by atoms with Gasteiger partial charge in [0.1, 0.15) is 0 Å². The van der Waals surface area contributed by atoms with Crippen LogP contribution in [0, 0.1) is 0 Å². The highest BCUT2D eigenvalue weighted by atomic mass is 33.1. The van der Waals surface area contributed by atoms with E-state index in [0.717, 1.165) is 5.04 Å². The van der Waals surface area contributed by atoms with Crippen LogP contribution in [0.2, 0.25) is 0 Å². The molecule has 0 N–H and O–H groups in total. The predicted molar refractivity (Wildman–Crippen MR) is 75.4 cm³/mol. The van der Waals surface area contributed by atoms with Crippen molar-refractivity contribution in [1.29, 1.82) is 0 Å². The molecule has 1 rings (SSSR count). The van der Waals surface area contributed by atoms with Crippen LogP contribution in [0.5, 0.6) is 0 Å². The largest absolute Gasteiger partial charge is 0.334 e. The third-order valence-corrected chi connectivity index (χ3v) is 4.50. The Morgan fingerprint density at radius 3 is 2.63 bits per heavy atom. The number of rotatable bonds is 6. The lowest BCUT2D eigenvalue weighted by Crippen LogP contribution is -2.32. The average Bonchev–Trinajstić information content (AvgIpc) is 2.71. The van der Waals surface area contributed by atoms with Gasteiger partial charge in [0.25, 0.3) is 11.8 Å². The first-order valence-electron chi connectivity index (χ1n) is 5.53. The lowest BCUT2D eigenvalue weighted by molar-refractivity contribution is -0.197. The minimum Gasteiger partial charge on any atom is -0.330 e. The summed E-state index contributed by atoms with van der Waals surface area (Å²) < 4.78 is 0. The van der Waals surface area contributed by atoms with Gasteiger partial charge in [-0.15, -0.1) is 5.06 Å². The van der Waals surface area contributed by atoms with Crippen LogP contribution < -0.4 is 0 Å². The van der Waals surface area contributed by atoms with E-state index in [1.54, 1.807) is 13.1 Å². The van der Waals surface area contributed by atoms with Crippen molar-refractivity contribution in [1.82, 2.24) is 5.06 Å². The number of hydroxylamine groups is 2. The molecule has 0 bridgehead atoms. The summed E-state index contributed by atoms with van der Waals surface area (Å²) in [4.78, 5) is 42.5. The number of carbonyl (C=O) groups excluding carboxylic acids is 3. The fourth-order valence-corrected chi connectivity index (χ4v) is 3.08. The zero-order chi connectivity index (χ0) is 14.3. The maximum Gasteiger partial charge on any atom is 0.334 e. The molecule has 8 heteroatoms. The Kier molecular flexibility index (Phi) is 6.65. The minimum atomic E-state index is -0.592. The highest BCUT2D eigenvalue weighted by Gasteiger charge is 2.32. The first-order valence-corrected chi connectivity index (χ1v) is 7.85. The van der Waals surface area contributed by atoms with Gasteiger partial charge in [-0.2, -0.15) is 0 Å². The molecule has 0 aromatic rings. The van der Waals surface area contributed by atoms with Gasteiger partial charge >= 0.3 is 5.97 Å². The van der Waals surface area contributed by atoms with E-state index in [1.165, 1.54) is 21.6 Å². The molecular weight excluding hydrogens is 288 g/mol. The molecule has 0 spiro atoms. The quantitative estimate of drug-likeness (QED) is 0.244. The van der Waals surface area contributed by atoms with E-state index in [2.05, 4.69) is 11.6 Å². The van der Waals surface area contributed by atoms with Gasteiger partial charge in [-0.25, -0.2) is 4.79 Å². The van der Waals surface area contributed by atoms with Gasteiger partial charge in [0, 0.05) is 25.6 Å². The maximum absolute atomic E-state index is 11.4. The summed E-state index contributed by atoms with van der Waals surface area (Å²) in [6, 6.07) is 0. The van der Waals surface area contributed by atoms with E-state index < -0.39 is 17.8 Å². The molecule has 1 fully saturated rings. The molecule has 0 atom stereocenters. The van der Waals surface area contributed by atoms with Crippen molar-refractivity contribution in [2.45, 2.75) is 19.3 Å². The molecule has 6 nitrogen and oxygen atoms in total. The Bertz CT molecular complexity index is 407. The van der Waals surface area contributed by atoms with Crippen molar-refractivity contribution in [3.63, 3.8) is 0 Å². The third-order valence-electron chi connectivity index (χ3n) is 2.13. The van der Waals surface area contributed by atoms with Gasteiger partial charge in [0.15, 0.2) is 0 Å². The molecule has 0 aromatic carbocycles. The van der Waals surface area contributed by atoms with Crippen LogP contribution in [0.25, 0.3) is 0 Å². The predicted octanol–water partition coefficient (Wildman–Crippen LogP) is 1.58. The van der Waals surface area contributed by atoms with Crippen molar-refractivity contribution in [2.24, 2.45) is 4.99 Å². The zero-order valence-corrected chi connectivity index (χ0v) is 12.1. The molecule has 0 radical (unpaired) electrons. The molecule has 1 heterocycles. The molecule has 19 heavy (non-hydrogen) atoms. The van der Waals surface area contributed by atoms with Crippen LogP contribution in [-0.4, -0.2) is 40.7 Å². The second-order valence-electron chi connectivity index (χ2n) is 3.47. The Balaban J connectivity index is 2.23. The van der Waals surface area contributed by atoms with Crippen LogP contribution in [0.15, 0.2) is 17.6 Å². The Hall–Kier alpha value is -1.28. The average molecular weight is 302 g/mol. The van der Waals surface area contributed by atoms with E-state index >= 15 is 0 Å². The summed E-state index contributed by atoms with van der Waals surface area (Å²) >= 11 is 0. The molecular formula is C11H14N2O4S2. The maximum atomic E-state index is 11.4. The number of hydrogen-bond acceptors (Lipinski definition) is 7. The second kappa shape index (κ2) is 8.00. The van der Waals surface area contributed by atoms with E-state index in [-0.39, 0.29) is 19.3 Å². The van der Waals surface area contributed by atoms with Gasteiger partial charge in [-0.3, -0.25) is 14.6 Å². The number of carbonyl (C=O) groups is 3. The van der Waals surface area contributed by atoms with Crippen molar-refractivity contribution < 1.29 is 19.2 Å². The van der Waals surface area contributed by atoms with Crippen LogP contribution in [0.3, 0.4) is 0 Å². The molecule has 1 saturated heterocycles. The summed E-state index contributed by atoms with van der Waals surface area (Å²) in [5.74, 6) is -1.03.